The van der Waals surface area contributed by atoms with Crippen LogP contribution in [0.25, 0.3) is 38.4 Å². The molecule has 180 valence electrons. The summed E-state index contributed by atoms with van der Waals surface area (Å²) in [5, 5.41) is 9.69. The van der Waals surface area contributed by atoms with Gasteiger partial charge in [0.15, 0.2) is 5.13 Å². The predicted octanol–water partition coefficient (Wildman–Crippen LogP) is 8.38. The highest BCUT2D eigenvalue weighted by molar-refractivity contribution is 7.22. The van der Waals surface area contributed by atoms with E-state index in [1.165, 1.54) is 11.3 Å². The number of fused-ring (bicyclic) bond motifs is 1. The molecule has 0 saturated carbocycles. The molecule has 2 aromatic heterocycles. The van der Waals surface area contributed by atoms with Crippen LogP contribution in [0.1, 0.15) is 10.4 Å². The highest BCUT2D eigenvalue weighted by Crippen LogP contribution is 2.36. The van der Waals surface area contributed by atoms with Gasteiger partial charge in [0, 0.05) is 21.2 Å². The van der Waals surface area contributed by atoms with Crippen LogP contribution in [0.4, 0.5) is 5.13 Å². The van der Waals surface area contributed by atoms with E-state index in [-0.39, 0.29) is 5.91 Å². The number of anilines is 1. The van der Waals surface area contributed by atoms with Gasteiger partial charge in [0.05, 0.1) is 27.2 Å². The van der Waals surface area contributed by atoms with Crippen LogP contribution in [0, 0.1) is 0 Å². The van der Waals surface area contributed by atoms with Crippen molar-refractivity contribution in [2.75, 3.05) is 5.32 Å². The van der Waals surface area contributed by atoms with Crippen LogP contribution < -0.4 is 5.32 Å². The van der Waals surface area contributed by atoms with E-state index in [0.29, 0.717) is 32.1 Å². The van der Waals surface area contributed by atoms with Gasteiger partial charge in [-0.3, -0.25) is 10.1 Å². The lowest BCUT2D eigenvalue weighted by atomic mass is 10.0. The van der Waals surface area contributed by atoms with E-state index in [0.717, 1.165) is 27.0 Å². The Bertz CT molecular complexity index is 1690. The number of nitrogens with zero attached hydrogens (tertiary/aromatic N) is 3. The number of hydrogen-bond acceptors (Lipinski definition) is 4. The Morgan fingerprint density at radius 1 is 0.757 bits per heavy atom. The minimum Gasteiger partial charge on any atom is -0.298 e. The lowest BCUT2D eigenvalue weighted by Gasteiger charge is -2.10. The Morgan fingerprint density at radius 3 is 2.05 bits per heavy atom. The number of rotatable bonds is 5. The standard InChI is InChI=1S/C29H18Cl2N4OS/c30-20-14-10-18(11-15-20)26-25(28(36)33-29-32-23-8-4-5-9-24(23)37-29)27(19-12-16-21(31)17-13-19)35(34-26)22-6-2-1-3-7-22/h1-17H,(H,32,33,36). The van der Waals surface area contributed by atoms with E-state index in [2.05, 4.69) is 10.3 Å². The van der Waals surface area contributed by atoms with Crippen molar-refractivity contribution in [1.29, 1.82) is 0 Å². The molecule has 8 heteroatoms. The van der Waals surface area contributed by atoms with Crippen LogP contribution in [0.5, 0.6) is 0 Å². The molecule has 1 amide bonds. The monoisotopic (exact) mass is 540 g/mol. The Morgan fingerprint density at radius 2 is 1.38 bits per heavy atom. The van der Waals surface area contributed by atoms with Crippen LogP contribution in [0.2, 0.25) is 10.0 Å². The molecule has 1 N–H and O–H groups in total. The van der Waals surface area contributed by atoms with Crippen molar-refractivity contribution in [3.63, 3.8) is 0 Å². The number of para-hydroxylation sites is 2. The zero-order valence-corrected chi connectivity index (χ0v) is 21.6. The Hall–Kier alpha value is -3.97. The number of hydrogen-bond donors (Lipinski definition) is 1. The number of benzene rings is 4. The molecule has 0 aliphatic heterocycles. The molecule has 0 saturated heterocycles. The Kier molecular flexibility index (Phi) is 6.22. The van der Waals surface area contributed by atoms with Crippen molar-refractivity contribution in [3.8, 4) is 28.2 Å². The second-order valence-corrected chi connectivity index (χ2v) is 10.2. The molecule has 6 aromatic rings. The second kappa shape index (κ2) is 9.82. The normalized spacial score (nSPS) is 11.1. The van der Waals surface area contributed by atoms with Crippen LogP contribution in [0.3, 0.4) is 0 Å². The SMILES string of the molecule is O=C(Nc1nc2ccccc2s1)c1c(-c2ccc(Cl)cc2)nn(-c2ccccc2)c1-c1ccc(Cl)cc1. The number of amides is 1. The fourth-order valence-corrected chi connectivity index (χ4v) is 5.27. The summed E-state index contributed by atoms with van der Waals surface area (Å²) in [7, 11) is 0. The van der Waals surface area contributed by atoms with Crippen LogP contribution in [-0.4, -0.2) is 20.7 Å². The van der Waals surface area contributed by atoms with E-state index < -0.39 is 0 Å². The largest absolute Gasteiger partial charge is 0.298 e. The second-order valence-electron chi connectivity index (χ2n) is 8.27. The van der Waals surface area contributed by atoms with Gasteiger partial charge in [-0.2, -0.15) is 5.10 Å². The minimum absolute atomic E-state index is 0.309. The zero-order valence-electron chi connectivity index (χ0n) is 19.2. The molecule has 0 aliphatic carbocycles. The summed E-state index contributed by atoms with van der Waals surface area (Å²) in [6, 6.07) is 32.2. The highest BCUT2D eigenvalue weighted by Gasteiger charge is 2.27. The molecule has 0 unspecified atom stereocenters. The topological polar surface area (TPSA) is 59.8 Å². The molecule has 0 spiro atoms. The smallest absolute Gasteiger partial charge is 0.261 e. The lowest BCUT2D eigenvalue weighted by molar-refractivity contribution is 0.102. The van der Waals surface area contributed by atoms with Crippen molar-refractivity contribution in [2.45, 2.75) is 0 Å². The molecular formula is C29H18Cl2N4OS. The van der Waals surface area contributed by atoms with E-state index in [1.807, 2.05) is 78.9 Å². The van der Waals surface area contributed by atoms with E-state index >= 15 is 0 Å². The van der Waals surface area contributed by atoms with Gasteiger partial charge in [0.2, 0.25) is 0 Å². The quantitative estimate of drug-likeness (QED) is 0.239. The van der Waals surface area contributed by atoms with Crippen molar-refractivity contribution in [2.24, 2.45) is 0 Å². The third-order valence-electron chi connectivity index (χ3n) is 5.86. The van der Waals surface area contributed by atoms with Gasteiger partial charge < -0.3 is 0 Å². The molecule has 0 radical (unpaired) electrons. The van der Waals surface area contributed by atoms with Gasteiger partial charge in [-0.15, -0.1) is 0 Å². The van der Waals surface area contributed by atoms with Crippen molar-refractivity contribution >= 4 is 55.8 Å². The first-order valence-electron chi connectivity index (χ1n) is 11.4. The fourth-order valence-electron chi connectivity index (χ4n) is 4.16. The number of carbonyl (C=O) groups is 1. The first-order chi connectivity index (χ1) is 18.1. The van der Waals surface area contributed by atoms with Gasteiger partial charge in [-0.25, -0.2) is 9.67 Å². The fraction of sp³-hybridized carbons (Fsp3) is 0. The number of thiazole rings is 1. The van der Waals surface area contributed by atoms with Gasteiger partial charge >= 0.3 is 0 Å². The summed E-state index contributed by atoms with van der Waals surface area (Å²) in [5.74, 6) is -0.309. The summed E-state index contributed by atoms with van der Waals surface area (Å²) in [6.45, 7) is 0. The Labute approximate surface area is 226 Å². The number of halogens is 2. The number of carbonyl (C=O) groups excluding carboxylic acids is 1. The van der Waals surface area contributed by atoms with Crippen LogP contribution in [-0.2, 0) is 0 Å². The average Bonchev–Trinajstić information content (AvgIpc) is 3.52. The van der Waals surface area contributed by atoms with Gasteiger partial charge in [0.25, 0.3) is 5.91 Å². The maximum atomic E-state index is 14.0. The van der Waals surface area contributed by atoms with Crippen molar-refractivity contribution < 1.29 is 4.79 Å². The molecular weight excluding hydrogens is 523 g/mol. The number of aromatic nitrogens is 3. The molecule has 0 bridgehead atoms. The molecule has 5 nitrogen and oxygen atoms in total. The predicted molar refractivity (Wildman–Crippen MR) is 152 cm³/mol. The zero-order chi connectivity index (χ0) is 25.4. The summed E-state index contributed by atoms with van der Waals surface area (Å²) < 4.78 is 2.79. The maximum absolute atomic E-state index is 14.0. The molecule has 4 aromatic carbocycles. The van der Waals surface area contributed by atoms with Gasteiger partial charge in [0.1, 0.15) is 5.69 Å². The lowest BCUT2D eigenvalue weighted by Crippen LogP contribution is -2.14. The molecule has 0 atom stereocenters. The number of nitrogens with one attached hydrogen (secondary N) is 1. The van der Waals surface area contributed by atoms with E-state index in [1.54, 1.807) is 28.9 Å². The third-order valence-corrected chi connectivity index (χ3v) is 7.32. The van der Waals surface area contributed by atoms with Gasteiger partial charge in [-0.1, -0.05) is 89.1 Å². The summed E-state index contributed by atoms with van der Waals surface area (Å²) >= 11 is 13.8. The molecule has 0 fully saturated rings. The Balaban J connectivity index is 1.57. The van der Waals surface area contributed by atoms with Crippen molar-refractivity contribution in [1.82, 2.24) is 14.8 Å². The maximum Gasteiger partial charge on any atom is 0.261 e. The molecule has 0 aliphatic rings. The molecule has 2 heterocycles. The van der Waals surface area contributed by atoms with Crippen molar-refractivity contribution in [3.05, 3.63) is 119 Å². The van der Waals surface area contributed by atoms with Crippen LogP contribution in [0.15, 0.2) is 103 Å². The first kappa shape index (κ1) is 23.4. The minimum atomic E-state index is -0.309. The summed E-state index contributed by atoms with van der Waals surface area (Å²) in [4.78, 5) is 18.6. The molecule has 37 heavy (non-hydrogen) atoms. The van der Waals surface area contributed by atoms with Gasteiger partial charge in [-0.05, 0) is 48.5 Å². The summed E-state index contributed by atoms with van der Waals surface area (Å²) in [6.07, 6.45) is 0. The van der Waals surface area contributed by atoms with E-state index in [4.69, 9.17) is 28.3 Å². The highest BCUT2D eigenvalue weighted by atomic mass is 35.5. The summed E-state index contributed by atoms with van der Waals surface area (Å²) in [5.41, 5.74) is 4.82. The average molecular weight is 541 g/mol. The molecule has 6 rings (SSSR count). The van der Waals surface area contributed by atoms with E-state index in [9.17, 15) is 4.79 Å². The third kappa shape index (κ3) is 4.62. The van der Waals surface area contributed by atoms with Crippen LogP contribution >= 0.6 is 34.5 Å². The first-order valence-corrected chi connectivity index (χ1v) is 13.0.